The van der Waals surface area contributed by atoms with Crippen molar-refractivity contribution in [2.45, 2.75) is 24.3 Å². The highest BCUT2D eigenvalue weighted by Crippen LogP contribution is 2.40. The summed E-state index contributed by atoms with van der Waals surface area (Å²) in [4.78, 5) is 28.4. The van der Waals surface area contributed by atoms with Crippen molar-refractivity contribution in [3.63, 3.8) is 0 Å². The highest BCUT2D eigenvalue weighted by molar-refractivity contribution is 6.30. The minimum Gasteiger partial charge on any atom is -0.457 e. The van der Waals surface area contributed by atoms with Crippen LogP contribution in [0.3, 0.4) is 0 Å². The van der Waals surface area contributed by atoms with Gasteiger partial charge in [-0.05, 0) is 108 Å². The van der Waals surface area contributed by atoms with Crippen LogP contribution < -0.4 is 19.3 Å². The van der Waals surface area contributed by atoms with Crippen LogP contribution in [-0.2, 0) is 14.2 Å². The molecular weight excluding hydrogens is 767 g/mol. The second-order valence-corrected chi connectivity index (χ2v) is 13.9. The number of carbonyl (C=O) groups is 2. The van der Waals surface area contributed by atoms with Crippen molar-refractivity contribution in [1.82, 2.24) is 0 Å². The van der Waals surface area contributed by atoms with Crippen LogP contribution in [0.1, 0.15) is 23.2 Å². The first-order valence-electron chi connectivity index (χ1n) is 18.1. The molecule has 0 unspecified atom stereocenters. The molecule has 2 aliphatic rings. The molecule has 290 valence electrons. The van der Waals surface area contributed by atoms with E-state index in [4.69, 9.17) is 46.9 Å². The number of benzene rings is 6. The zero-order chi connectivity index (χ0) is 39.7. The average molecular weight is 806 g/mol. The fraction of sp³-hybridized carbons (Fsp3) is 0.156. The molecule has 0 bridgehead atoms. The molecule has 0 aromatic heterocycles. The Balaban J connectivity index is 0.000000174. The van der Waals surface area contributed by atoms with Gasteiger partial charge in [-0.3, -0.25) is 9.80 Å². The van der Waals surface area contributed by atoms with Crippen LogP contribution in [0.2, 0.25) is 10.0 Å². The summed E-state index contributed by atoms with van der Waals surface area (Å²) in [6.45, 7) is 0.0686. The molecule has 10 nitrogen and oxygen atoms in total. The Morgan fingerprint density at radius 1 is 0.526 bits per heavy atom. The number of hydrogen-bond donors (Lipinski definition) is 1. The first kappa shape index (κ1) is 39.2. The zero-order valence-electron chi connectivity index (χ0n) is 30.7. The van der Waals surface area contributed by atoms with Crippen LogP contribution in [-0.4, -0.2) is 49.8 Å². The van der Waals surface area contributed by atoms with Gasteiger partial charge in [-0.1, -0.05) is 83.9 Å². The van der Waals surface area contributed by atoms with Gasteiger partial charge in [0.1, 0.15) is 35.1 Å². The van der Waals surface area contributed by atoms with Crippen molar-refractivity contribution in [3.05, 3.63) is 179 Å². The smallest absolute Gasteiger partial charge is 0.415 e. The van der Waals surface area contributed by atoms with E-state index in [9.17, 15) is 14.7 Å². The number of aliphatic hydroxyl groups excluding tert-OH is 1. The highest BCUT2D eigenvalue weighted by atomic mass is 35.5. The standard InChI is InChI=1S/C23H20ClNO4.C22H18ClNO4/c1-27-15-21-22(16-5-3-2-4-6-16)25(23(26)29-21)18-9-13-20(14-10-18)28-19-11-7-17(24)8-12-19;23-16-6-10-18(11-7-16)27-19-12-8-17(9-13-19)24-21(15-4-2-1-3-5-15)20(14-25)28-22(24)26/h2-14,21-22H,15H2,1H3;1-13,20-21,25H,14H2/t21-,22-;20-,21-/m00/s1. The third kappa shape index (κ3) is 9.33. The molecule has 57 heavy (non-hydrogen) atoms. The molecule has 2 aliphatic heterocycles. The van der Waals surface area contributed by atoms with Crippen molar-refractivity contribution in [2.75, 3.05) is 30.1 Å². The molecule has 6 aromatic rings. The Morgan fingerprint density at radius 3 is 1.25 bits per heavy atom. The van der Waals surface area contributed by atoms with Crippen molar-refractivity contribution in [3.8, 4) is 23.0 Å². The molecule has 8 rings (SSSR count). The maximum atomic E-state index is 12.7. The van der Waals surface area contributed by atoms with E-state index in [2.05, 4.69) is 0 Å². The number of hydrogen-bond acceptors (Lipinski definition) is 8. The molecule has 4 atom stereocenters. The van der Waals surface area contributed by atoms with Gasteiger partial charge in [0.2, 0.25) is 0 Å². The first-order valence-corrected chi connectivity index (χ1v) is 18.8. The lowest BCUT2D eigenvalue weighted by Crippen LogP contribution is -2.30. The molecular formula is C45H38Cl2N2O8. The van der Waals surface area contributed by atoms with Crippen molar-refractivity contribution >= 4 is 46.8 Å². The van der Waals surface area contributed by atoms with E-state index in [-0.39, 0.29) is 18.8 Å². The Kier molecular flexibility index (Phi) is 12.6. The van der Waals surface area contributed by atoms with Gasteiger partial charge in [0.25, 0.3) is 0 Å². The fourth-order valence-electron chi connectivity index (χ4n) is 6.67. The zero-order valence-corrected chi connectivity index (χ0v) is 32.2. The van der Waals surface area contributed by atoms with E-state index in [1.54, 1.807) is 89.7 Å². The summed E-state index contributed by atoms with van der Waals surface area (Å²) >= 11 is 11.8. The minimum atomic E-state index is -0.625. The number of cyclic esters (lactones) is 2. The Bertz CT molecular complexity index is 2230. The molecule has 12 heteroatoms. The molecule has 2 heterocycles. The summed E-state index contributed by atoms with van der Waals surface area (Å²) in [5.74, 6) is 2.65. The Morgan fingerprint density at radius 2 is 0.877 bits per heavy atom. The van der Waals surface area contributed by atoms with Crippen molar-refractivity contribution < 1.29 is 38.4 Å². The van der Waals surface area contributed by atoms with Gasteiger partial charge in [-0.2, -0.15) is 0 Å². The van der Waals surface area contributed by atoms with Crippen LogP contribution in [0.4, 0.5) is 21.0 Å². The van der Waals surface area contributed by atoms with Gasteiger partial charge < -0.3 is 28.8 Å². The quantitative estimate of drug-likeness (QED) is 0.138. The number of aliphatic hydroxyl groups is 1. The number of amides is 2. The van der Waals surface area contributed by atoms with Crippen LogP contribution in [0.15, 0.2) is 158 Å². The third-order valence-electron chi connectivity index (χ3n) is 9.28. The topological polar surface area (TPSA) is 107 Å². The maximum absolute atomic E-state index is 12.7. The monoisotopic (exact) mass is 804 g/mol. The largest absolute Gasteiger partial charge is 0.457 e. The summed E-state index contributed by atoms with van der Waals surface area (Å²) in [7, 11) is 1.60. The molecule has 1 N–H and O–H groups in total. The predicted octanol–water partition coefficient (Wildman–Crippen LogP) is 11.0. The van der Waals surface area contributed by atoms with Crippen molar-refractivity contribution in [2.24, 2.45) is 0 Å². The maximum Gasteiger partial charge on any atom is 0.415 e. The van der Waals surface area contributed by atoms with E-state index in [1.165, 1.54) is 0 Å². The van der Waals surface area contributed by atoms with E-state index in [0.717, 1.165) is 16.8 Å². The molecule has 0 aliphatic carbocycles. The van der Waals surface area contributed by atoms with Gasteiger partial charge in [0.05, 0.1) is 13.2 Å². The lowest BCUT2D eigenvalue weighted by Gasteiger charge is -2.25. The van der Waals surface area contributed by atoms with Crippen LogP contribution in [0.25, 0.3) is 0 Å². The number of ether oxygens (including phenoxy) is 5. The van der Waals surface area contributed by atoms with Gasteiger partial charge in [-0.15, -0.1) is 0 Å². The molecule has 2 fully saturated rings. The second kappa shape index (κ2) is 18.3. The predicted molar refractivity (Wildman–Crippen MR) is 219 cm³/mol. The summed E-state index contributed by atoms with van der Waals surface area (Å²) in [6.07, 6.45) is -1.90. The van der Waals surface area contributed by atoms with Gasteiger partial charge in [0.15, 0.2) is 12.2 Å². The number of rotatable bonds is 11. The van der Waals surface area contributed by atoms with E-state index in [1.807, 2.05) is 84.9 Å². The van der Waals surface area contributed by atoms with Crippen LogP contribution >= 0.6 is 23.2 Å². The van der Waals surface area contributed by atoms with Crippen LogP contribution in [0.5, 0.6) is 23.0 Å². The Labute approximate surface area is 340 Å². The number of methoxy groups -OCH3 is 1. The van der Waals surface area contributed by atoms with Gasteiger partial charge >= 0.3 is 12.2 Å². The fourth-order valence-corrected chi connectivity index (χ4v) is 6.93. The highest BCUT2D eigenvalue weighted by Gasteiger charge is 2.44. The lowest BCUT2D eigenvalue weighted by molar-refractivity contribution is 0.0591. The van der Waals surface area contributed by atoms with E-state index >= 15 is 0 Å². The molecule has 0 radical (unpaired) electrons. The number of nitrogens with zero attached hydrogens (tertiary/aromatic N) is 2. The summed E-state index contributed by atoms with van der Waals surface area (Å²) in [6, 6.07) is 47.4. The Hall–Kier alpha value is -6.04. The lowest BCUT2D eigenvalue weighted by atomic mass is 10.0. The first-order chi connectivity index (χ1) is 27.8. The van der Waals surface area contributed by atoms with E-state index < -0.39 is 24.3 Å². The third-order valence-corrected chi connectivity index (χ3v) is 9.78. The van der Waals surface area contributed by atoms with E-state index in [0.29, 0.717) is 45.3 Å². The molecule has 2 saturated heterocycles. The number of halogens is 2. The van der Waals surface area contributed by atoms with Crippen LogP contribution in [0, 0.1) is 0 Å². The van der Waals surface area contributed by atoms with Gasteiger partial charge in [0, 0.05) is 28.5 Å². The minimum absolute atomic E-state index is 0.250. The van der Waals surface area contributed by atoms with Crippen molar-refractivity contribution in [1.29, 1.82) is 0 Å². The molecule has 0 saturated carbocycles. The number of anilines is 2. The summed E-state index contributed by atoms with van der Waals surface area (Å²) < 4.78 is 27.9. The normalized spacial score (nSPS) is 18.7. The summed E-state index contributed by atoms with van der Waals surface area (Å²) in [5.41, 5.74) is 3.28. The number of carbonyl (C=O) groups excluding carboxylic acids is 2. The molecule has 2 amide bonds. The molecule has 6 aromatic carbocycles. The second-order valence-electron chi connectivity index (χ2n) is 13.0. The van der Waals surface area contributed by atoms with Gasteiger partial charge in [-0.25, -0.2) is 9.59 Å². The average Bonchev–Trinajstić information content (AvgIpc) is 3.76. The SMILES string of the molecule is COC[C@@H]1OC(=O)N(c2ccc(Oc3ccc(Cl)cc3)cc2)[C@H]1c1ccccc1.O=C1O[C@@H](CO)[C@H](c2ccccc2)N1c1ccc(Oc2ccc(Cl)cc2)cc1. The summed E-state index contributed by atoms with van der Waals surface area (Å²) in [5, 5.41) is 11.0. The molecule has 0 spiro atoms.